The number of likely N-dealkylation sites (tertiary alicyclic amines) is 1. The average molecular weight is 239 g/mol. The number of hydrogen-bond donors (Lipinski definition) is 2. The molecule has 1 atom stereocenters. The van der Waals surface area contributed by atoms with Crippen LogP contribution in [-0.4, -0.2) is 50.2 Å². The fraction of sp³-hybridized carbons (Fsp3) is 1.00. The van der Waals surface area contributed by atoms with Crippen LogP contribution in [0.5, 0.6) is 0 Å². The van der Waals surface area contributed by atoms with E-state index in [0.717, 1.165) is 6.04 Å². The minimum Gasteiger partial charge on any atom is -0.315 e. The molecule has 1 unspecified atom stereocenters. The molecule has 0 saturated carbocycles. The maximum Gasteiger partial charge on any atom is 0.0192 e. The summed E-state index contributed by atoms with van der Waals surface area (Å²) in [5.41, 5.74) is 0. The molecule has 2 rings (SSSR count). The molecule has 3 nitrogen and oxygen atoms in total. The smallest absolute Gasteiger partial charge is 0.0192 e. The molecule has 0 aliphatic carbocycles. The normalized spacial score (nSPS) is 27.2. The Balaban J connectivity index is 1.42. The first-order valence-corrected chi connectivity index (χ1v) is 7.61. The van der Waals surface area contributed by atoms with Crippen molar-refractivity contribution in [3.8, 4) is 0 Å². The highest BCUT2D eigenvalue weighted by molar-refractivity contribution is 4.74. The number of piperidine rings is 2. The van der Waals surface area contributed by atoms with E-state index < -0.39 is 0 Å². The van der Waals surface area contributed by atoms with Crippen LogP contribution in [-0.2, 0) is 0 Å². The van der Waals surface area contributed by atoms with Gasteiger partial charge in [-0.1, -0.05) is 12.8 Å². The molecule has 2 fully saturated rings. The van der Waals surface area contributed by atoms with E-state index in [9.17, 15) is 0 Å². The Hall–Kier alpha value is -0.120. The Bertz CT molecular complexity index is 164. The van der Waals surface area contributed by atoms with E-state index in [1.165, 1.54) is 84.2 Å². The quantitative estimate of drug-likeness (QED) is 0.689. The summed E-state index contributed by atoms with van der Waals surface area (Å²) in [6.45, 7) is 7.55. The van der Waals surface area contributed by atoms with Gasteiger partial charge in [-0.25, -0.2) is 0 Å². The predicted octanol–water partition coefficient (Wildman–Crippen LogP) is 1.59. The highest BCUT2D eigenvalue weighted by atomic mass is 15.1. The maximum atomic E-state index is 3.61. The summed E-state index contributed by atoms with van der Waals surface area (Å²) in [6.07, 6.45) is 9.73. The van der Waals surface area contributed by atoms with Gasteiger partial charge in [-0.15, -0.1) is 0 Å². The van der Waals surface area contributed by atoms with Gasteiger partial charge in [-0.3, -0.25) is 0 Å². The first-order valence-electron chi connectivity index (χ1n) is 7.61. The molecule has 0 spiro atoms. The third-order valence-electron chi connectivity index (χ3n) is 4.08. The molecule has 2 aliphatic rings. The van der Waals surface area contributed by atoms with Gasteiger partial charge >= 0.3 is 0 Å². The lowest BCUT2D eigenvalue weighted by Crippen LogP contribution is -2.42. The summed E-state index contributed by atoms with van der Waals surface area (Å²) < 4.78 is 0. The number of nitrogens with one attached hydrogen (secondary N) is 2. The molecule has 0 amide bonds. The van der Waals surface area contributed by atoms with Crippen molar-refractivity contribution < 1.29 is 0 Å². The summed E-state index contributed by atoms with van der Waals surface area (Å²) in [5.74, 6) is 0. The van der Waals surface area contributed by atoms with E-state index in [0.29, 0.717) is 0 Å². The van der Waals surface area contributed by atoms with Crippen molar-refractivity contribution in [1.29, 1.82) is 0 Å². The zero-order valence-corrected chi connectivity index (χ0v) is 11.2. The van der Waals surface area contributed by atoms with Crippen molar-refractivity contribution in [3.63, 3.8) is 0 Å². The summed E-state index contributed by atoms with van der Waals surface area (Å²) in [6, 6.07) is 0.735. The van der Waals surface area contributed by atoms with E-state index in [-0.39, 0.29) is 0 Å². The van der Waals surface area contributed by atoms with Crippen LogP contribution >= 0.6 is 0 Å². The van der Waals surface area contributed by atoms with Crippen molar-refractivity contribution in [2.45, 2.75) is 51.0 Å². The topological polar surface area (TPSA) is 27.3 Å². The van der Waals surface area contributed by atoms with Crippen LogP contribution in [0.15, 0.2) is 0 Å². The zero-order chi connectivity index (χ0) is 11.8. The van der Waals surface area contributed by atoms with E-state index in [1.54, 1.807) is 0 Å². The van der Waals surface area contributed by atoms with Crippen LogP contribution < -0.4 is 10.6 Å². The van der Waals surface area contributed by atoms with Crippen molar-refractivity contribution in [2.75, 3.05) is 39.3 Å². The highest BCUT2D eigenvalue weighted by Crippen LogP contribution is 2.08. The van der Waals surface area contributed by atoms with Crippen LogP contribution in [0.3, 0.4) is 0 Å². The van der Waals surface area contributed by atoms with Gasteiger partial charge in [0, 0.05) is 12.6 Å². The van der Waals surface area contributed by atoms with Gasteiger partial charge in [-0.2, -0.15) is 0 Å². The van der Waals surface area contributed by atoms with Crippen LogP contribution in [0.4, 0.5) is 0 Å². The Kier molecular flexibility index (Phi) is 6.32. The summed E-state index contributed by atoms with van der Waals surface area (Å²) >= 11 is 0. The minimum absolute atomic E-state index is 0.735. The van der Waals surface area contributed by atoms with E-state index in [4.69, 9.17) is 0 Å². The Morgan fingerprint density at radius 2 is 1.94 bits per heavy atom. The standard InChI is InChI=1S/C14H29N3/c1-4-10-17(11-5-1)12-6-8-15-13-14-7-2-3-9-16-14/h14-16H,1-13H2. The average Bonchev–Trinajstić information content (AvgIpc) is 2.41. The Morgan fingerprint density at radius 1 is 1.06 bits per heavy atom. The van der Waals surface area contributed by atoms with E-state index in [2.05, 4.69) is 15.5 Å². The lowest BCUT2D eigenvalue weighted by molar-refractivity contribution is 0.225. The summed E-state index contributed by atoms with van der Waals surface area (Å²) in [4.78, 5) is 2.63. The molecular weight excluding hydrogens is 210 g/mol. The number of hydrogen-bond acceptors (Lipinski definition) is 3. The summed E-state index contributed by atoms with van der Waals surface area (Å²) in [7, 11) is 0. The molecule has 100 valence electrons. The van der Waals surface area contributed by atoms with E-state index in [1.807, 2.05) is 0 Å². The predicted molar refractivity (Wildman–Crippen MR) is 73.4 cm³/mol. The van der Waals surface area contributed by atoms with Gasteiger partial charge in [0.25, 0.3) is 0 Å². The van der Waals surface area contributed by atoms with Gasteiger partial charge in [0.1, 0.15) is 0 Å². The number of rotatable bonds is 6. The highest BCUT2D eigenvalue weighted by Gasteiger charge is 2.12. The van der Waals surface area contributed by atoms with Gasteiger partial charge in [0.05, 0.1) is 0 Å². The fourth-order valence-corrected chi connectivity index (χ4v) is 2.99. The van der Waals surface area contributed by atoms with Crippen molar-refractivity contribution in [2.24, 2.45) is 0 Å². The minimum atomic E-state index is 0.735. The fourth-order valence-electron chi connectivity index (χ4n) is 2.99. The monoisotopic (exact) mass is 239 g/mol. The van der Waals surface area contributed by atoms with Gasteiger partial charge in [0.15, 0.2) is 0 Å². The molecule has 17 heavy (non-hydrogen) atoms. The van der Waals surface area contributed by atoms with Crippen LogP contribution in [0.1, 0.15) is 44.9 Å². The first kappa shape index (κ1) is 13.3. The SMILES string of the molecule is C1CCN(CCCNCC2CCCCN2)CC1. The van der Waals surface area contributed by atoms with Crippen LogP contribution in [0.25, 0.3) is 0 Å². The van der Waals surface area contributed by atoms with Gasteiger partial charge < -0.3 is 15.5 Å². The molecule has 2 aliphatic heterocycles. The second-order valence-electron chi connectivity index (χ2n) is 5.61. The van der Waals surface area contributed by atoms with Gasteiger partial charge in [-0.05, 0) is 64.8 Å². The Labute approximate surface area is 106 Å². The number of nitrogens with zero attached hydrogens (tertiary/aromatic N) is 1. The second-order valence-corrected chi connectivity index (χ2v) is 5.61. The van der Waals surface area contributed by atoms with Crippen molar-refractivity contribution in [1.82, 2.24) is 15.5 Å². The van der Waals surface area contributed by atoms with Crippen molar-refractivity contribution >= 4 is 0 Å². The van der Waals surface area contributed by atoms with Crippen LogP contribution in [0, 0.1) is 0 Å². The maximum absolute atomic E-state index is 3.61. The molecule has 2 saturated heterocycles. The third kappa shape index (κ3) is 5.36. The van der Waals surface area contributed by atoms with Crippen LogP contribution in [0.2, 0.25) is 0 Å². The molecule has 2 heterocycles. The molecule has 0 aromatic carbocycles. The van der Waals surface area contributed by atoms with E-state index >= 15 is 0 Å². The Morgan fingerprint density at radius 3 is 2.71 bits per heavy atom. The largest absolute Gasteiger partial charge is 0.315 e. The lowest BCUT2D eigenvalue weighted by Gasteiger charge is -2.27. The first-order chi connectivity index (χ1) is 8.45. The zero-order valence-electron chi connectivity index (χ0n) is 11.2. The van der Waals surface area contributed by atoms with Crippen molar-refractivity contribution in [3.05, 3.63) is 0 Å². The molecule has 0 aromatic heterocycles. The van der Waals surface area contributed by atoms with Gasteiger partial charge in [0.2, 0.25) is 0 Å². The molecule has 3 heteroatoms. The molecule has 0 bridgehead atoms. The second kappa shape index (κ2) is 8.06. The molecule has 0 aromatic rings. The molecule has 2 N–H and O–H groups in total. The molecule has 0 radical (unpaired) electrons. The summed E-state index contributed by atoms with van der Waals surface area (Å²) in [5, 5.41) is 7.19. The lowest BCUT2D eigenvalue weighted by atomic mass is 10.1. The third-order valence-corrected chi connectivity index (χ3v) is 4.08. The molecular formula is C14H29N3.